The second kappa shape index (κ2) is 7.27. The van der Waals surface area contributed by atoms with E-state index >= 15 is 0 Å². The van der Waals surface area contributed by atoms with E-state index in [0.29, 0.717) is 12.1 Å². The van der Waals surface area contributed by atoms with Gasteiger partial charge in [-0.2, -0.15) is 13.2 Å². The summed E-state index contributed by atoms with van der Waals surface area (Å²) in [6.45, 7) is 0. The average Bonchev–Trinajstić information content (AvgIpc) is 2.60. The molecule has 0 heterocycles. The molecule has 0 aliphatic heterocycles. The Morgan fingerprint density at radius 3 is 2.11 bits per heavy atom. The molecular weight excluding hydrogens is 373 g/mol. The number of amides is 1. The topological polar surface area (TPSA) is 119 Å². The first-order valence-corrected chi connectivity index (χ1v) is 7.15. The van der Waals surface area contributed by atoms with Crippen LogP contribution in [0.25, 0.3) is 0 Å². The quantitative estimate of drug-likeness (QED) is 0.624. The minimum Gasteiger partial charge on any atom is -0.282 e. The van der Waals surface area contributed by atoms with Gasteiger partial charge in [-0.25, -0.2) is 0 Å². The summed E-state index contributed by atoms with van der Waals surface area (Å²) < 4.78 is 38.2. The summed E-state index contributed by atoms with van der Waals surface area (Å²) in [5.41, 5.74) is -0.295. The van der Waals surface area contributed by atoms with E-state index in [-0.39, 0.29) is 16.9 Å². The number of hydrazine groups is 1. The van der Waals surface area contributed by atoms with Crippen molar-refractivity contribution < 1.29 is 27.8 Å². The molecule has 2 aromatic carbocycles. The molecule has 0 aliphatic rings. The molecule has 2 rings (SSSR count). The molecule has 0 fully saturated rings. The number of nitrogens with one attached hydrogen (secondary N) is 1. The number of hydrogen-bond acceptors (Lipinski definition) is 6. The number of nitro benzene ring substituents is 2. The number of rotatable bonds is 5. The van der Waals surface area contributed by atoms with E-state index in [4.69, 9.17) is 0 Å². The van der Waals surface area contributed by atoms with Gasteiger partial charge in [-0.1, -0.05) is 0 Å². The van der Waals surface area contributed by atoms with E-state index in [9.17, 15) is 38.2 Å². The summed E-state index contributed by atoms with van der Waals surface area (Å²) >= 11 is 0. The molecule has 0 aliphatic carbocycles. The van der Waals surface area contributed by atoms with Gasteiger partial charge in [0, 0.05) is 30.8 Å². The SMILES string of the molecule is CN(NC(=O)c1ccc([N+](=O)[O-])cc1)c1ccc(C(F)(F)F)cc1[N+](=O)[O-]. The van der Waals surface area contributed by atoms with Gasteiger partial charge in [0.25, 0.3) is 17.3 Å². The van der Waals surface area contributed by atoms with Crippen molar-refractivity contribution in [2.45, 2.75) is 6.18 Å². The molecule has 1 N–H and O–H groups in total. The fourth-order valence-corrected chi connectivity index (χ4v) is 2.14. The van der Waals surface area contributed by atoms with Gasteiger partial charge in [0.2, 0.25) is 0 Å². The summed E-state index contributed by atoms with van der Waals surface area (Å²) in [5, 5.41) is 22.6. The van der Waals surface area contributed by atoms with E-state index in [1.807, 2.05) is 0 Å². The van der Waals surface area contributed by atoms with Gasteiger partial charge in [0.1, 0.15) is 5.69 Å². The number of non-ortho nitro benzene ring substituents is 1. The van der Waals surface area contributed by atoms with Crippen molar-refractivity contribution in [2.24, 2.45) is 0 Å². The number of benzene rings is 2. The Labute approximate surface area is 149 Å². The van der Waals surface area contributed by atoms with Crippen molar-refractivity contribution in [2.75, 3.05) is 12.1 Å². The van der Waals surface area contributed by atoms with E-state index in [0.717, 1.165) is 23.2 Å². The van der Waals surface area contributed by atoms with Crippen molar-refractivity contribution in [3.63, 3.8) is 0 Å². The maximum Gasteiger partial charge on any atom is 0.416 e. The molecule has 0 bridgehead atoms. The lowest BCUT2D eigenvalue weighted by Crippen LogP contribution is -2.39. The molecule has 27 heavy (non-hydrogen) atoms. The van der Waals surface area contributed by atoms with E-state index < -0.39 is 33.2 Å². The Hall–Kier alpha value is -3.70. The molecule has 0 aromatic heterocycles. The van der Waals surface area contributed by atoms with E-state index in [1.54, 1.807) is 0 Å². The number of nitrogens with zero attached hydrogens (tertiary/aromatic N) is 3. The number of halogens is 3. The first-order valence-electron chi connectivity index (χ1n) is 7.15. The Bertz CT molecular complexity index is 899. The van der Waals surface area contributed by atoms with Crippen molar-refractivity contribution in [3.05, 3.63) is 73.8 Å². The number of alkyl halides is 3. The van der Waals surface area contributed by atoms with Crippen LogP contribution in [-0.2, 0) is 6.18 Å². The van der Waals surface area contributed by atoms with Gasteiger partial charge >= 0.3 is 6.18 Å². The molecular formula is C15H11F3N4O5. The zero-order valence-electron chi connectivity index (χ0n) is 13.6. The van der Waals surface area contributed by atoms with Crippen LogP contribution in [0.2, 0.25) is 0 Å². The molecule has 0 unspecified atom stereocenters. The lowest BCUT2D eigenvalue weighted by molar-refractivity contribution is -0.384. The van der Waals surface area contributed by atoms with Gasteiger partial charge < -0.3 is 0 Å². The Morgan fingerprint density at radius 1 is 1.04 bits per heavy atom. The lowest BCUT2D eigenvalue weighted by atomic mass is 10.1. The molecule has 142 valence electrons. The number of carbonyl (C=O) groups excluding carboxylic acids is 1. The minimum absolute atomic E-state index is 0.0158. The van der Waals surface area contributed by atoms with Crippen LogP contribution in [0.15, 0.2) is 42.5 Å². The minimum atomic E-state index is -4.76. The summed E-state index contributed by atoms with van der Waals surface area (Å²) in [4.78, 5) is 32.2. The second-order valence-electron chi connectivity index (χ2n) is 5.26. The zero-order valence-corrected chi connectivity index (χ0v) is 13.6. The lowest BCUT2D eigenvalue weighted by Gasteiger charge is -2.20. The van der Waals surface area contributed by atoms with Crippen LogP contribution < -0.4 is 10.4 Å². The first-order chi connectivity index (χ1) is 12.5. The fourth-order valence-electron chi connectivity index (χ4n) is 2.14. The van der Waals surface area contributed by atoms with E-state index in [1.165, 1.54) is 19.2 Å². The van der Waals surface area contributed by atoms with Crippen LogP contribution in [0.5, 0.6) is 0 Å². The summed E-state index contributed by atoms with van der Waals surface area (Å²) in [6, 6.07) is 6.40. The molecule has 1 amide bonds. The third kappa shape index (κ3) is 4.48. The standard InChI is InChI=1S/C15H11F3N4O5/c1-20(19-14(23)9-2-5-11(6-3-9)21(24)25)12-7-4-10(15(16,17)18)8-13(12)22(26)27/h2-8H,1H3,(H,19,23). The molecule has 0 saturated heterocycles. The highest BCUT2D eigenvalue weighted by atomic mass is 19.4. The molecule has 12 heteroatoms. The monoisotopic (exact) mass is 384 g/mol. The van der Waals surface area contributed by atoms with Gasteiger partial charge in [0.05, 0.1) is 15.4 Å². The highest BCUT2D eigenvalue weighted by molar-refractivity contribution is 5.95. The highest BCUT2D eigenvalue weighted by Gasteiger charge is 2.33. The van der Waals surface area contributed by atoms with Crippen molar-refractivity contribution in [1.82, 2.24) is 5.43 Å². The second-order valence-corrected chi connectivity index (χ2v) is 5.26. The van der Waals surface area contributed by atoms with Gasteiger partial charge in [0.15, 0.2) is 0 Å². The van der Waals surface area contributed by atoms with Crippen LogP contribution in [0.4, 0.5) is 30.2 Å². The van der Waals surface area contributed by atoms with Crippen molar-refractivity contribution >= 4 is 23.0 Å². The predicted octanol–water partition coefficient (Wildman–Crippen LogP) is 3.30. The first kappa shape index (κ1) is 19.6. The van der Waals surface area contributed by atoms with Crippen LogP contribution in [0.3, 0.4) is 0 Å². The number of carbonyl (C=O) groups is 1. The largest absolute Gasteiger partial charge is 0.416 e. The smallest absolute Gasteiger partial charge is 0.282 e. The molecule has 0 radical (unpaired) electrons. The van der Waals surface area contributed by atoms with Crippen LogP contribution in [-0.4, -0.2) is 22.8 Å². The Morgan fingerprint density at radius 2 is 1.63 bits per heavy atom. The zero-order chi connectivity index (χ0) is 20.4. The molecule has 0 atom stereocenters. The van der Waals surface area contributed by atoms with Crippen LogP contribution in [0.1, 0.15) is 15.9 Å². The van der Waals surface area contributed by atoms with Gasteiger partial charge in [-0.05, 0) is 24.3 Å². The fraction of sp³-hybridized carbons (Fsp3) is 0.133. The van der Waals surface area contributed by atoms with Crippen molar-refractivity contribution in [1.29, 1.82) is 0 Å². The predicted molar refractivity (Wildman–Crippen MR) is 87.1 cm³/mol. The number of anilines is 1. The molecule has 9 nitrogen and oxygen atoms in total. The third-order valence-electron chi connectivity index (χ3n) is 3.47. The summed E-state index contributed by atoms with van der Waals surface area (Å²) in [5.74, 6) is -0.762. The number of nitro groups is 2. The Kier molecular flexibility index (Phi) is 5.28. The van der Waals surface area contributed by atoms with E-state index in [2.05, 4.69) is 5.43 Å². The molecule has 0 spiro atoms. The van der Waals surface area contributed by atoms with Gasteiger partial charge in [-0.3, -0.25) is 35.5 Å². The van der Waals surface area contributed by atoms with Gasteiger partial charge in [-0.15, -0.1) is 0 Å². The van der Waals surface area contributed by atoms with Crippen molar-refractivity contribution in [3.8, 4) is 0 Å². The highest BCUT2D eigenvalue weighted by Crippen LogP contribution is 2.35. The van der Waals surface area contributed by atoms with Crippen LogP contribution >= 0.6 is 0 Å². The summed E-state index contributed by atoms with van der Waals surface area (Å²) in [7, 11) is 1.21. The molecule has 2 aromatic rings. The Balaban J connectivity index is 2.26. The number of hydrogen-bond donors (Lipinski definition) is 1. The maximum atomic E-state index is 12.7. The molecule has 0 saturated carbocycles. The average molecular weight is 384 g/mol. The third-order valence-corrected chi connectivity index (χ3v) is 3.47. The maximum absolute atomic E-state index is 12.7. The summed E-state index contributed by atoms with van der Waals surface area (Å²) in [6.07, 6.45) is -4.76. The van der Waals surface area contributed by atoms with Crippen LogP contribution in [0, 0.1) is 20.2 Å². The normalized spacial score (nSPS) is 11.0.